The van der Waals surface area contributed by atoms with E-state index in [9.17, 15) is 9.59 Å². The zero-order chi connectivity index (χ0) is 11.5. The van der Waals surface area contributed by atoms with E-state index in [1.54, 1.807) is 24.4 Å². The zero-order valence-electron chi connectivity index (χ0n) is 8.31. The molecule has 4 heteroatoms. The minimum Gasteiger partial charge on any atom is -0.478 e. The summed E-state index contributed by atoms with van der Waals surface area (Å²) in [7, 11) is 0. The van der Waals surface area contributed by atoms with Crippen LogP contribution in [0.25, 0.3) is 17.0 Å². The third-order valence-electron chi connectivity index (χ3n) is 2.23. The topological polar surface area (TPSA) is 70.2 Å². The van der Waals surface area contributed by atoms with Gasteiger partial charge in [-0.1, -0.05) is 12.1 Å². The number of benzene rings is 1. The third kappa shape index (κ3) is 1.86. The molecular formula is C12H9NO3. The average molecular weight is 215 g/mol. The first-order valence-corrected chi connectivity index (χ1v) is 4.70. The number of carbonyl (C=O) groups is 1. The normalized spacial score (nSPS) is 11.0. The predicted octanol–water partition coefficient (Wildman–Crippen LogP) is 1.63. The van der Waals surface area contributed by atoms with E-state index >= 15 is 0 Å². The number of pyridine rings is 1. The van der Waals surface area contributed by atoms with Crippen molar-refractivity contribution in [1.82, 2.24) is 4.98 Å². The van der Waals surface area contributed by atoms with Gasteiger partial charge in [0, 0.05) is 23.7 Å². The van der Waals surface area contributed by atoms with Crippen LogP contribution in [0.5, 0.6) is 0 Å². The molecule has 1 heterocycles. The van der Waals surface area contributed by atoms with Gasteiger partial charge in [-0.2, -0.15) is 0 Å². The lowest BCUT2D eigenvalue weighted by molar-refractivity contribution is -0.131. The van der Waals surface area contributed by atoms with Gasteiger partial charge in [-0.3, -0.25) is 4.79 Å². The summed E-state index contributed by atoms with van der Waals surface area (Å²) < 4.78 is 0. The zero-order valence-corrected chi connectivity index (χ0v) is 8.31. The summed E-state index contributed by atoms with van der Waals surface area (Å²) in [4.78, 5) is 24.9. The second-order valence-corrected chi connectivity index (χ2v) is 3.28. The van der Waals surface area contributed by atoms with E-state index in [1.165, 1.54) is 12.1 Å². The average Bonchev–Trinajstić information content (AvgIpc) is 2.27. The monoisotopic (exact) mass is 215 g/mol. The third-order valence-corrected chi connectivity index (χ3v) is 2.23. The maximum absolute atomic E-state index is 11.5. The molecule has 0 unspecified atom stereocenters. The number of para-hydroxylation sites is 1. The number of rotatable bonds is 2. The van der Waals surface area contributed by atoms with Crippen molar-refractivity contribution in [2.45, 2.75) is 0 Å². The molecule has 0 bridgehead atoms. The number of hydrogen-bond donors (Lipinski definition) is 2. The molecule has 0 saturated heterocycles. The van der Waals surface area contributed by atoms with Crippen molar-refractivity contribution in [3.63, 3.8) is 0 Å². The molecule has 2 rings (SSSR count). The van der Waals surface area contributed by atoms with Gasteiger partial charge in [0.25, 0.3) is 0 Å². The molecule has 0 amide bonds. The van der Waals surface area contributed by atoms with Crippen LogP contribution < -0.4 is 5.43 Å². The molecule has 0 spiro atoms. The predicted molar refractivity (Wildman–Crippen MR) is 61.2 cm³/mol. The minimum atomic E-state index is -1.02. The van der Waals surface area contributed by atoms with E-state index < -0.39 is 5.97 Å². The fraction of sp³-hybridized carbons (Fsp3) is 0. The van der Waals surface area contributed by atoms with Gasteiger partial charge < -0.3 is 10.1 Å². The van der Waals surface area contributed by atoms with Gasteiger partial charge in [-0.15, -0.1) is 0 Å². The van der Waals surface area contributed by atoms with Crippen LogP contribution in [0.3, 0.4) is 0 Å². The van der Waals surface area contributed by atoms with E-state index in [0.717, 1.165) is 6.08 Å². The Morgan fingerprint density at radius 2 is 2.12 bits per heavy atom. The van der Waals surface area contributed by atoms with Crippen molar-refractivity contribution in [2.75, 3.05) is 0 Å². The standard InChI is InChI=1S/C12H9NO3/c14-10-6-7-13-12-8(4-5-11(15)16)2-1-3-9(10)12/h1-7H,(H,13,14)(H,15,16). The number of hydrogen-bond acceptors (Lipinski definition) is 2. The molecule has 2 aromatic rings. The summed E-state index contributed by atoms with van der Waals surface area (Å²) in [6.45, 7) is 0. The molecule has 80 valence electrons. The molecule has 16 heavy (non-hydrogen) atoms. The number of carboxylic acid groups (broad SMARTS) is 1. The van der Waals surface area contributed by atoms with E-state index in [4.69, 9.17) is 5.11 Å². The van der Waals surface area contributed by atoms with Crippen molar-refractivity contribution in [1.29, 1.82) is 0 Å². The molecule has 0 atom stereocenters. The molecule has 1 aromatic heterocycles. The molecule has 1 aromatic carbocycles. The highest BCUT2D eigenvalue weighted by Crippen LogP contribution is 2.14. The number of fused-ring (bicyclic) bond motifs is 1. The largest absolute Gasteiger partial charge is 0.478 e. The van der Waals surface area contributed by atoms with Crippen molar-refractivity contribution in [3.05, 3.63) is 52.3 Å². The molecule has 2 N–H and O–H groups in total. The summed E-state index contributed by atoms with van der Waals surface area (Å²) >= 11 is 0. The Labute approximate surface area is 90.9 Å². The Bertz CT molecular complexity index is 625. The van der Waals surface area contributed by atoms with Gasteiger partial charge in [-0.25, -0.2) is 4.79 Å². The maximum atomic E-state index is 11.5. The van der Waals surface area contributed by atoms with Crippen LogP contribution in [-0.2, 0) is 4.79 Å². The lowest BCUT2D eigenvalue weighted by atomic mass is 10.1. The number of H-pyrrole nitrogens is 1. The molecule has 0 fully saturated rings. The van der Waals surface area contributed by atoms with Gasteiger partial charge >= 0.3 is 5.97 Å². The minimum absolute atomic E-state index is 0.0840. The van der Waals surface area contributed by atoms with Crippen LogP contribution in [-0.4, -0.2) is 16.1 Å². The van der Waals surface area contributed by atoms with Gasteiger partial charge in [0.2, 0.25) is 0 Å². The second kappa shape index (κ2) is 4.02. The summed E-state index contributed by atoms with van der Waals surface area (Å²) in [5.41, 5.74) is 1.24. The smallest absolute Gasteiger partial charge is 0.328 e. The van der Waals surface area contributed by atoms with E-state index in [-0.39, 0.29) is 5.43 Å². The molecule has 4 nitrogen and oxygen atoms in total. The fourth-order valence-electron chi connectivity index (χ4n) is 1.53. The van der Waals surface area contributed by atoms with E-state index in [0.29, 0.717) is 16.5 Å². The summed E-state index contributed by atoms with van der Waals surface area (Å²) in [5, 5.41) is 9.09. The molecule has 0 saturated carbocycles. The van der Waals surface area contributed by atoms with Crippen molar-refractivity contribution in [3.8, 4) is 0 Å². The van der Waals surface area contributed by atoms with E-state index in [2.05, 4.69) is 4.98 Å². The van der Waals surface area contributed by atoms with Crippen LogP contribution in [0.1, 0.15) is 5.56 Å². The number of aliphatic carboxylic acids is 1. The lowest BCUT2D eigenvalue weighted by Crippen LogP contribution is -2.00. The molecular weight excluding hydrogens is 206 g/mol. The highest BCUT2D eigenvalue weighted by molar-refractivity contribution is 5.91. The van der Waals surface area contributed by atoms with Gasteiger partial charge in [-0.05, 0) is 17.7 Å². The molecule has 0 aliphatic heterocycles. The van der Waals surface area contributed by atoms with Gasteiger partial charge in [0.05, 0.1) is 5.52 Å². The van der Waals surface area contributed by atoms with Crippen LogP contribution in [0.2, 0.25) is 0 Å². The summed E-state index contributed by atoms with van der Waals surface area (Å²) in [5.74, 6) is -1.02. The first-order chi connectivity index (χ1) is 7.68. The lowest BCUT2D eigenvalue weighted by Gasteiger charge is -2.00. The van der Waals surface area contributed by atoms with Crippen molar-refractivity contribution < 1.29 is 9.90 Å². The van der Waals surface area contributed by atoms with Crippen LogP contribution in [0, 0.1) is 0 Å². The Morgan fingerprint density at radius 3 is 2.88 bits per heavy atom. The summed E-state index contributed by atoms with van der Waals surface area (Å²) in [6, 6.07) is 6.61. The molecule has 0 aliphatic rings. The number of aromatic nitrogens is 1. The number of carboxylic acids is 1. The fourth-order valence-corrected chi connectivity index (χ4v) is 1.53. The van der Waals surface area contributed by atoms with Crippen molar-refractivity contribution >= 4 is 22.9 Å². The van der Waals surface area contributed by atoms with Crippen LogP contribution in [0.4, 0.5) is 0 Å². The van der Waals surface area contributed by atoms with Gasteiger partial charge in [0.15, 0.2) is 5.43 Å². The van der Waals surface area contributed by atoms with Crippen LogP contribution in [0.15, 0.2) is 41.3 Å². The van der Waals surface area contributed by atoms with Crippen LogP contribution >= 0.6 is 0 Å². The Hall–Kier alpha value is -2.36. The molecule has 0 radical (unpaired) electrons. The Morgan fingerprint density at radius 1 is 1.31 bits per heavy atom. The summed E-state index contributed by atoms with van der Waals surface area (Å²) in [6.07, 6.45) is 4.05. The van der Waals surface area contributed by atoms with Gasteiger partial charge in [0.1, 0.15) is 0 Å². The maximum Gasteiger partial charge on any atom is 0.328 e. The highest BCUT2D eigenvalue weighted by Gasteiger charge is 2.00. The highest BCUT2D eigenvalue weighted by atomic mass is 16.4. The number of aromatic amines is 1. The Balaban J connectivity index is 2.67. The van der Waals surface area contributed by atoms with E-state index in [1.807, 2.05) is 0 Å². The quantitative estimate of drug-likeness (QED) is 0.748. The Kier molecular flexibility index (Phi) is 2.55. The SMILES string of the molecule is O=C(O)C=Cc1cccc2c(=O)cc[nH]c12. The van der Waals surface area contributed by atoms with Crippen molar-refractivity contribution in [2.24, 2.45) is 0 Å². The number of nitrogens with one attached hydrogen (secondary N) is 1. The first kappa shape index (κ1) is 10.2. The first-order valence-electron chi connectivity index (χ1n) is 4.70. The second-order valence-electron chi connectivity index (χ2n) is 3.28. The molecule has 0 aliphatic carbocycles.